The zero-order chi connectivity index (χ0) is 11.9. The van der Waals surface area contributed by atoms with Gasteiger partial charge in [-0.15, -0.1) is 0 Å². The first kappa shape index (κ1) is 11.9. The summed E-state index contributed by atoms with van der Waals surface area (Å²) in [6.45, 7) is 1.65. The second-order valence-corrected chi connectivity index (χ2v) is 7.88. The number of nitrogens with one attached hydrogen (secondary N) is 2. The van der Waals surface area contributed by atoms with E-state index < -0.39 is 10.0 Å². The molecule has 1 atom stereocenters. The van der Waals surface area contributed by atoms with Gasteiger partial charge < -0.3 is 5.32 Å². The number of hydrogen-bond acceptors (Lipinski definition) is 3. The highest BCUT2D eigenvalue weighted by atomic mass is 32.2. The van der Waals surface area contributed by atoms with E-state index in [1.807, 2.05) is 0 Å². The van der Waals surface area contributed by atoms with Gasteiger partial charge in [0.15, 0.2) is 0 Å². The van der Waals surface area contributed by atoms with Crippen LogP contribution in [0.2, 0.25) is 0 Å². The van der Waals surface area contributed by atoms with Crippen molar-refractivity contribution in [3.8, 4) is 0 Å². The predicted octanol–water partition coefficient (Wildman–Crippen LogP) is 0.848. The molecule has 0 bridgehead atoms. The Morgan fingerprint density at radius 2 is 2.00 bits per heavy atom. The molecule has 1 aliphatic heterocycles. The van der Waals surface area contributed by atoms with Gasteiger partial charge in [0, 0.05) is 12.6 Å². The third-order valence-electron chi connectivity index (χ3n) is 4.56. The van der Waals surface area contributed by atoms with Crippen molar-refractivity contribution in [2.75, 3.05) is 18.8 Å². The van der Waals surface area contributed by atoms with Crippen LogP contribution in [0.1, 0.15) is 38.5 Å². The molecule has 0 spiro atoms. The average Bonchev–Trinajstić information content (AvgIpc) is 3.16. The molecule has 5 heteroatoms. The molecule has 0 aromatic heterocycles. The summed E-state index contributed by atoms with van der Waals surface area (Å²) >= 11 is 0. The van der Waals surface area contributed by atoms with Gasteiger partial charge in [-0.1, -0.05) is 0 Å². The van der Waals surface area contributed by atoms with E-state index in [-0.39, 0.29) is 11.8 Å². The Labute approximate surface area is 104 Å². The van der Waals surface area contributed by atoms with Crippen molar-refractivity contribution in [2.24, 2.45) is 11.3 Å². The van der Waals surface area contributed by atoms with Gasteiger partial charge in [0.1, 0.15) is 0 Å². The van der Waals surface area contributed by atoms with Gasteiger partial charge in [-0.3, -0.25) is 0 Å². The minimum absolute atomic E-state index is 0.170. The number of rotatable bonds is 6. The van der Waals surface area contributed by atoms with Crippen LogP contribution >= 0.6 is 0 Å². The zero-order valence-electron chi connectivity index (χ0n) is 10.2. The van der Waals surface area contributed by atoms with Crippen molar-refractivity contribution in [3.63, 3.8) is 0 Å². The fraction of sp³-hybridized carbons (Fsp3) is 1.00. The van der Waals surface area contributed by atoms with Crippen LogP contribution in [-0.4, -0.2) is 33.3 Å². The van der Waals surface area contributed by atoms with Crippen molar-refractivity contribution in [1.82, 2.24) is 10.0 Å². The second kappa shape index (κ2) is 4.21. The van der Waals surface area contributed by atoms with Gasteiger partial charge in [0.05, 0.1) is 5.75 Å². The number of sulfonamides is 1. The van der Waals surface area contributed by atoms with E-state index in [1.165, 1.54) is 25.7 Å². The maximum atomic E-state index is 12.0. The van der Waals surface area contributed by atoms with E-state index in [0.29, 0.717) is 12.0 Å². The molecule has 3 aliphatic rings. The van der Waals surface area contributed by atoms with E-state index in [0.717, 1.165) is 25.3 Å². The van der Waals surface area contributed by atoms with E-state index in [4.69, 9.17) is 0 Å². The molecule has 1 heterocycles. The van der Waals surface area contributed by atoms with E-state index in [9.17, 15) is 8.42 Å². The highest BCUT2D eigenvalue weighted by Crippen LogP contribution is 2.60. The molecule has 0 aromatic carbocycles. The van der Waals surface area contributed by atoms with Crippen LogP contribution in [0.3, 0.4) is 0 Å². The fourth-order valence-electron chi connectivity index (χ4n) is 3.06. The van der Waals surface area contributed by atoms with Crippen LogP contribution in [0.5, 0.6) is 0 Å². The Morgan fingerprint density at radius 3 is 2.53 bits per heavy atom. The van der Waals surface area contributed by atoms with Crippen LogP contribution in [0.15, 0.2) is 0 Å². The molecule has 98 valence electrons. The Morgan fingerprint density at radius 1 is 1.24 bits per heavy atom. The molecular formula is C12H22N2O2S. The first-order valence-electron chi connectivity index (χ1n) is 6.80. The quantitative estimate of drug-likeness (QED) is 0.742. The monoisotopic (exact) mass is 258 g/mol. The van der Waals surface area contributed by atoms with Crippen molar-refractivity contribution >= 4 is 10.0 Å². The lowest BCUT2D eigenvalue weighted by Gasteiger charge is -2.17. The van der Waals surface area contributed by atoms with E-state index >= 15 is 0 Å². The average molecular weight is 258 g/mol. The first-order chi connectivity index (χ1) is 8.10. The molecule has 1 saturated heterocycles. The summed E-state index contributed by atoms with van der Waals surface area (Å²) in [7, 11) is -3.08. The molecule has 0 radical (unpaired) electrons. The molecule has 2 saturated carbocycles. The summed E-state index contributed by atoms with van der Waals surface area (Å²) < 4.78 is 26.7. The lowest BCUT2D eigenvalue weighted by Crippen LogP contribution is -2.39. The van der Waals surface area contributed by atoms with Crippen molar-refractivity contribution < 1.29 is 8.42 Å². The lowest BCUT2D eigenvalue weighted by molar-refractivity contribution is 0.431. The third kappa shape index (κ3) is 2.83. The van der Waals surface area contributed by atoms with Gasteiger partial charge in [0.25, 0.3) is 0 Å². The molecule has 2 N–H and O–H groups in total. The minimum atomic E-state index is -3.08. The lowest BCUT2D eigenvalue weighted by atomic mass is 10.0. The van der Waals surface area contributed by atoms with Crippen LogP contribution in [0.25, 0.3) is 0 Å². The van der Waals surface area contributed by atoms with Crippen LogP contribution in [0.4, 0.5) is 0 Å². The SMILES string of the molecule is O=S(=O)(CC1CCCN1)NCC1(C2CC2)CC1. The van der Waals surface area contributed by atoms with Gasteiger partial charge in [-0.05, 0) is 56.4 Å². The zero-order valence-corrected chi connectivity index (χ0v) is 11.1. The van der Waals surface area contributed by atoms with E-state index in [2.05, 4.69) is 10.0 Å². The number of hydrogen-bond donors (Lipinski definition) is 2. The van der Waals surface area contributed by atoms with Gasteiger partial charge >= 0.3 is 0 Å². The summed E-state index contributed by atoms with van der Waals surface area (Å²) in [5.41, 5.74) is 0.357. The molecule has 0 aromatic rings. The van der Waals surface area contributed by atoms with Crippen LogP contribution in [0, 0.1) is 11.3 Å². The van der Waals surface area contributed by atoms with Crippen LogP contribution < -0.4 is 10.0 Å². The molecule has 3 rings (SSSR count). The third-order valence-corrected chi connectivity index (χ3v) is 5.99. The molecule has 0 amide bonds. The van der Waals surface area contributed by atoms with Gasteiger partial charge in [-0.2, -0.15) is 0 Å². The molecule has 3 fully saturated rings. The molecule has 17 heavy (non-hydrogen) atoms. The molecule has 4 nitrogen and oxygen atoms in total. The maximum Gasteiger partial charge on any atom is 0.213 e. The largest absolute Gasteiger partial charge is 0.313 e. The highest BCUT2D eigenvalue weighted by molar-refractivity contribution is 7.89. The van der Waals surface area contributed by atoms with Gasteiger partial charge in [0.2, 0.25) is 10.0 Å². The van der Waals surface area contributed by atoms with Gasteiger partial charge in [-0.25, -0.2) is 13.1 Å². The summed E-state index contributed by atoms with van der Waals surface area (Å²) in [4.78, 5) is 0. The predicted molar refractivity (Wildman–Crippen MR) is 67.2 cm³/mol. The molecular weight excluding hydrogens is 236 g/mol. The Bertz CT molecular complexity index is 379. The summed E-state index contributed by atoms with van der Waals surface area (Å²) in [5, 5.41) is 3.24. The Kier molecular flexibility index (Phi) is 2.96. The standard InChI is InChI=1S/C12H22N2O2S/c15-17(16,8-11-2-1-7-13-11)14-9-12(5-6-12)10-3-4-10/h10-11,13-14H,1-9H2. The maximum absolute atomic E-state index is 12.0. The second-order valence-electron chi connectivity index (χ2n) is 6.03. The van der Waals surface area contributed by atoms with E-state index in [1.54, 1.807) is 0 Å². The summed E-state index contributed by atoms with van der Waals surface area (Å²) in [6, 6.07) is 0.170. The highest BCUT2D eigenvalue weighted by Gasteiger charge is 2.53. The normalized spacial score (nSPS) is 31.6. The van der Waals surface area contributed by atoms with Crippen molar-refractivity contribution in [3.05, 3.63) is 0 Å². The molecule has 2 aliphatic carbocycles. The van der Waals surface area contributed by atoms with Crippen LogP contribution in [-0.2, 0) is 10.0 Å². The van der Waals surface area contributed by atoms with Crippen molar-refractivity contribution in [2.45, 2.75) is 44.6 Å². The Hall–Kier alpha value is -0.130. The smallest absolute Gasteiger partial charge is 0.213 e. The topological polar surface area (TPSA) is 58.2 Å². The summed E-state index contributed by atoms with van der Waals surface area (Å²) in [5.74, 6) is 1.07. The Balaban J connectivity index is 1.49. The molecule has 1 unspecified atom stereocenters. The van der Waals surface area contributed by atoms with Crippen molar-refractivity contribution in [1.29, 1.82) is 0 Å². The first-order valence-corrected chi connectivity index (χ1v) is 8.46. The summed E-state index contributed by atoms with van der Waals surface area (Å²) in [6.07, 6.45) is 7.17. The minimum Gasteiger partial charge on any atom is -0.313 e. The fourth-order valence-corrected chi connectivity index (χ4v) is 4.50.